The van der Waals surface area contributed by atoms with Gasteiger partial charge in [0.25, 0.3) is 0 Å². The summed E-state index contributed by atoms with van der Waals surface area (Å²) in [4.78, 5) is 0.668. The molecule has 0 aliphatic carbocycles. The summed E-state index contributed by atoms with van der Waals surface area (Å²) in [7, 11) is 0. The first-order valence-electron chi connectivity index (χ1n) is 5.56. The fourth-order valence-corrected chi connectivity index (χ4v) is 3.40. The Labute approximate surface area is 131 Å². The molecule has 108 valence electrons. The minimum Gasteiger partial charge on any atom is -0.387 e. The zero-order valence-electron chi connectivity index (χ0n) is 9.92. The van der Waals surface area contributed by atoms with E-state index < -0.39 is 17.8 Å². The fraction of sp³-hybridized carbons (Fsp3) is 0.231. The van der Waals surface area contributed by atoms with Gasteiger partial charge in [-0.15, -0.1) is 11.3 Å². The van der Waals surface area contributed by atoms with Crippen LogP contribution in [0.25, 0.3) is 0 Å². The lowest BCUT2D eigenvalue weighted by molar-refractivity contribution is -0.137. The Balaban J connectivity index is 2.10. The second-order valence-electron chi connectivity index (χ2n) is 4.19. The van der Waals surface area contributed by atoms with Crippen molar-refractivity contribution in [3.05, 3.63) is 55.1 Å². The van der Waals surface area contributed by atoms with Crippen molar-refractivity contribution in [2.45, 2.75) is 18.7 Å². The van der Waals surface area contributed by atoms with Gasteiger partial charge in [-0.25, -0.2) is 0 Å². The molecule has 1 atom stereocenters. The summed E-state index contributed by atoms with van der Waals surface area (Å²) in [6.07, 6.45) is -4.90. The van der Waals surface area contributed by atoms with Crippen molar-refractivity contribution in [3.8, 4) is 0 Å². The Kier molecular flexibility index (Phi) is 4.79. The van der Waals surface area contributed by atoms with Gasteiger partial charge in [-0.1, -0.05) is 23.7 Å². The maximum atomic E-state index is 12.4. The molecule has 1 N–H and O–H groups in total. The molecule has 1 aromatic heterocycles. The molecule has 0 aliphatic rings. The number of benzene rings is 1. The normalized spacial score (nSPS) is 13.5. The molecule has 1 aromatic carbocycles. The first-order chi connectivity index (χ1) is 9.27. The molecule has 0 bridgehead atoms. The van der Waals surface area contributed by atoms with Crippen molar-refractivity contribution in [1.82, 2.24) is 0 Å². The third-order valence-corrected chi connectivity index (χ3v) is 5.28. The average Bonchev–Trinajstić information content (AvgIpc) is 2.69. The first kappa shape index (κ1) is 15.8. The van der Waals surface area contributed by atoms with E-state index in [0.717, 1.165) is 12.1 Å². The molecule has 2 aromatic rings. The van der Waals surface area contributed by atoms with Crippen LogP contribution >= 0.6 is 38.9 Å². The van der Waals surface area contributed by atoms with Gasteiger partial charge in [-0.05, 0) is 39.7 Å². The highest BCUT2D eigenvalue weighted by Crippen LogP contribution is 2.36. The number of rotatable bonds is 3. The lowest BCUT2D eigenvalue weighted by Crippen LogP contribution is -2.05. The maximum absolute atomic E-state index is 12.4. The van der Waals surface area contributed by atoms with E-state index in [-0.39, 0.29) is 6.42 Å². The average molecular weight is 386 g/mol. The number of hydrogen-bond acceptors (Lipinski definition) is 2. The Morgan fingerprint density at radius 2 is 1.85 bits per heavy atom. The van der Waals surface area contributed by atoms with Crippen LogP contribution < -0.4 is 0 Å². The molecule has 2 rings (SSSR count). The van der Waals surface area contributed by atoms with Gasteiger partial charge in [0, 0.05) is 15.8 Å². The fourth-order valence-electron chi connectivity index (χ4n) is 1.68. The van der Waals surface area contributed by atoms with Crippen LogP contribution in [0.2, 0.25) is 4.34 Å². The number of aliphatic hydroxyl groups is 1. The highest BCUT2D eigenvalue weighted by molar-refractivity contribution is 9.10. The Morgan fingerprint density at radius 1 is 1.25 bits per heavy atom. The van der Waals surface area contributed by atoms with Crippen molar-refractivity contribution in [3.63, 3.8) is 0 Å². The predicted octanol–water partition coefficient (Wildman–Crippen LogP) is 5.46. The summed E-state index contributed by atoms with van der Waals surface area (Å²) in [6, 6.07) is 6.48. The molecule has 1 unspecified atom stereocenters. The van der Waals surface area contributed by atoms with Gasteiger partial charge < -0.3 is 5.11 Å². The van der Waals surface area contributed by atoms with E-state index in [4.69, 9.17) is 11.6 Å². The van der Waals surface area contributed by atoms with Crippen LogP contribution in [0.5, 0.6) is 0 Å². The monoisotopic (exact) mass is 384 g/mol. The molecule has 0 radical (unpaired) electrons. The highest BCUT2D eigenvalue weighted by atomic mass is 79.9. The van der Waals surface area contributed by atoms with E-state index in [1.54, 1.807) is 6.07 Å². The SMILES string of the molecule is OC(Cc1ccc(C(F)(F)F)cc1)c1cc(Br)c(Cl)s1. The van der Waals surface area contributed by atoms with Crippen molar-refractivity contribution >= 4 is 38.9 Å². The van der Waals surface area contributed by atoms with Crippen LogP contribution in [0.1, 0.15) is 22.1 Å². The second kappa shape index (κ2) is 6.05. The predicted molar refractivity (Wildman–Crippen MR) is 77.1 cm³/mol. The van der Waals surface area contributed by atoms with Crippen LogP contribution in [0.3, 0.4) is 0 Å². The smallest absolute Gasteiger partial charge is 0.387 e. The number of alkyl halides is 3. The molecule has 7 heteroatoms. The number of halogens is 5. The van der Waals surface area contributed by atoms with Gasteiger partial charge >= 0.3 is 6.18 Å². The van der Waals surface area contributed by atoms with Gasteiger partial charge in [-0.3, -0.25) is 0 Å². The van der Waals surface area contributed by atoms with Crippen LogP contribution in [-0.4, -0.2) is 5.11 Å². The number of aliphatic hydroxyl groups excluding tert-OH is 1. The summed E-state index contributed by atoms with van der Waals surface area (Å²) in [5, 5.41) is 10.0. The van der Waals surface area contributed by atoms with Gasteiger partial charge in [0.1, 0.15) is 4.34 Å². The molecule has 0 saturated carbocycles. The third kappa shape index (κ3) is 3.75. The first-order valence-corrected chi connectivity index (χ1v) is 7.55. The largest absolute Gasteiger partial charge is 0.416 e. The molecule has 1 heterocycles. The lowest BCUT2D eigenvalue weighted by atomic mass is 10.0. The van der Waals surface area contributed by atoms with Gasteiger partial charge in [0.2, 0.25) is 0 Å². The van der Waals surface area contributed by atoms with Crippen molar-refractivity contribution in [2.24, 2.45) is 0 Å². The summed E-state index contributed by atoms with van der Waals surface area (Å²) < 4.78 is 38.5. The minimum atomic E-state index is -4.34. The molecular weight excluding hydrogens is 377 g/mol. The summed E-state index contributed by atoms with van der Waals surface area (Å²) in [5.74, 6) is 0. The standard InChI is InChI=1S/C13H9BrClF3OS/c14-9-6-11(20-12(9)15)10(19)5-7-1-3-8(4-2-7)13(16,17)18/h1-4,6,10,19H,5H2. The molecule has 0 amide bonds. The van der Waals surface area contributed by atoms with E-state index in [9.17, 15) is 18.3 Å². The zero-order valence-corrected chi connectivity index (χ0v) is 13.1. The van der Waals surface area contributed by atoms with E-state index in [0.29, 0.717) is 19.2 Å². The van der Waals surface area contributed by atoms with Crippen LogP contribution in [0.4, 0.5) is 13.2 Å². The van der Waals surface area contributed by atoms with Crippen LogP contribution in [-0.2, 0) is 12.6 Å². The van der Waals surface area contributed by atoms with E-state index in [2.05, 4.69) is 15.9 Å². The maximum Gasteiger partial charge on any atom is 0.416 e. The van der Waals surface area contributed by atoms with Crippen molar-refractivity contribution < 1.29 is 18.3 Å². The molecular formula is C13H9BrClF3OS. The van der Waals surface area contributed by atoms with Gasteiger partial charge in [0.05, 0.1) is 11.7 Å². The number of thiophene rings is 1. The number of hydrogen-bond donors (Lipinski definition) is 1. The minimum absolute atomic E-state index is 0.238. The van der Waals surface area contributed by atoms with Crippen LogP contribution in [0.15, 0.2) is 34.8 Å². The lowest BCUT2D eigenvalue weighted by Gasteiger charge is -2.10. The summed E-state index contributed by atoms with van der Waals surface area (Å²) in [6.45, 7) is 0. The van der Waals surface area contributed by atoms with E-state index in [1.807, 2.05) is 0 Å². The van der Waals surface area contributed by atoms with E-state index >= 15 is 0 Å². The van der Waals surface area contributed by atoms with Crippen molar-refractivity contribution in [1.29, 1.82) is 0 Å². The van der Waals surface area contributed by atoms with Gasteiger partial charge in [-0.2, -0.15) is 13.2 Å². The Hall–Kier alpha value is -0.560. The third-order valence-electron chi connectivity index (χ3n) is 2.70. The molecule has 0 aliphatic heterocycles. The molecule has 0 fully saturated rings. The quantitative estimate of drug-likeness (QED) is 0.744. The van der Waals surface area contributed by atoms with E-state index in [1.165, 1.54) is 23.5 Å². The topological polar surface area (TPSA) is 20.2 Å². The van der Waals surface area contributed by atoms with Gasteiger partial charge in [0.15, 0.2) is 0 Å². The zero-order chi connectivity index (χ0) is 14.9. The molecule has 1 nitrogen and oxygen atoms in total. The Bertz CT molecular complexity index is 575. The van der Waals surface area contributed by atoms with Crippen LogP contribution in [0, 0.1) is 0 Å². The Morgan fingerprint density at radius 3 is 2.30 bits per heavy atom. The summed E-state index contributed by atoms with van der Waals surface area (Å²) >= 11 is 10.4. The molecule has 0 spiro atoms. The summed E-state index contributed by atoms with van der Waals surface area (Å²) in [5.41, 5.74) is -0.0659. The molecule has 0 saturated heterocycles. The molecule has 20 heavy (non-hydrogen) atoms. The van der Waals surface area contributed by atoms with Crippen molar-refractivity contribution in [2.75, 3.05) is 0 Å². The second-order valence-corrected chi connectivity index (χ2v) is 6.73. The highest BCUT2D eigenvalue weighted by Gasteiger charge is 2.30.